The molecule has 0 amide bonds. The lowest BCUT2D eigenvalue weighted by atomic mass is 9.64. The number of rotatable bonds is 2. The molecule has 0 N–H and O–H groups in total. The Hall–Kier alpha value is -0.453. The first-order valence-corrected chi connectivity index (χ1v) is 13.9. The maximum Gasteiger partial charge on any atom is 0.192 e. The van der Waals surface area contributed by atoms with Crippen LogP contribution < -0.4 is 0 Å². The largest absolute Gasteiger partial charge is 0.414 e. The van der Waals surface area contributed by atoms with E-state index < -0.39 is 8.32 Å². The van der Waals surface area contributed by atoms with Crippen LogP contribution in [0.25, 0.3) is 0 Å². The summed E-state index contributed by atoms with van der Waals surface area (Å²) >= 11 is 0. The van der Waals surface area contributed by atoms with Gasteiger partial charge >= 0.3 is 0 Å². The Morgan fingerprint density at radius 1 is 1.30 bits per heavy atom. The molecule has 6 atom stereocenters. The van der Waals surface area contributed by atoms with E-state index in [0.29, 0.717) is 29.5 Å². The number of piperidine rings is 1. The van der Waals surface area contributed by atoms with Crippen molar-refractivity contribution < 1.29 is 9.22 Å². The van der Waals surface area contributed by atoms with Crippen LogP contribution >= 0.6 is 0 Å². The summed E-state index contributed by atoms with van der Waals surface area (Å²) in [6, 6.07) is 0. The third kappa shape index (κ3) is 2.93. The molecule has 0 aromatic heterocycles. The van der Waals surface area contributed by atoms with Gasteiger partial charge in [-0.3, -0.25) is 4.79 Å². The highest BCUT2D eigenvalue weighted by molar-refractivity contribution is 6.74. The molecule has 0 aromatic rings. The van der Waals surface area contributed by atoms with E-state index in [2.05, 4.69) is 52.7 Å². The van der Waals surface area contributed by atoms with Gasteiger partial charge in [-0.15, -0.1) is 0 Å². The molecule has 0 aromatic carbocycles. The number of likely N-dealkylation sites (tertiary alicyclic amines) is 1. The fourth-order valence-electron chi connectivity index (χ4n) is 6.77. The van der Waals surface area contributed by atoms with Gasteiger partial charge in [-0.25, -0.2) is 0 Å². The summed E-state index contributed by atoms with van der Waals surface area (Å²) in [5.74, 6) is 2.76. The van der Waals surface area contributed by atoms with Crippen LogP contribution in [-0.4, -0.2) is 45.2 Å². The second-order valence-electron chi connectivity index (χ2n) is 11.7. The van der Waals surface area contributed by atoms with Gasteiger partial charge in [0.15, 0.2) is 14.1 Å². The molecule has 1 saturated heterocycles. The summed E-state index contributed by atoms with van der Waals surface area (Å²) in [5, 5.41) is 0.219. The first kappa shape index (κ1) is 19.8. The zero-order valence-electron chi connectivity index (χ0n) is 18.5. The van der Waals surface area contributed by atoms with Crippen LogP contribution in [0.3, 0.4) is 0 Å². The first-order valence-electron chi connectivity index (χ1n) is 11.0. The number of allylic oxidation sites excluding steroid dienone is 2. The molecule has 1 spiro atoms. The van der Waals surface area contributed by atoms with Gasteiger partial charge in [0.2, 0.25) is 0 Å². The summed E-state index contributed by atoms with van der Waals surface area (Å²) in [4.78, 5) is 16.0. The van der Waals surface area contributed by atoms with Crippen molar-refractivity contribution in [1.82, 2.24) is 4.90 Å². The van der Waals surface area contributed by atoms with Gasteiger partial charge in [0.25, 0.3) is 0 Å². The summed E-state index contributed by atoms with van der Waals surface area (Å²) in [6.45, 7) is 16.3. The molecule has 27 heavy (non-hydrogen) atoms. The summed E-state index contributed by atoms with van der Waals surface area (Å²) in [7, 11) is 0.401. The van der Waals surface area contributed by atoms with E-state index in [1.807, 2.05) is 6.08 Å². The van der Waals surface area contributed by atoms with Gasteiger partial charge in [-0.05, 0) is 88.2 Å². The molecule has 1 heterocycles. The lowest BCUT2D eigenvalue weighted by Gasteiger charge is -2.43. The summed E-state index contributed by atoms with van der Waals surface area (Å²) in [6.07, 6.45) is 6.85. The van der Waals surface area contributed by atoms with Crippen LogP contribution in [-0.2, 0) is 9.22 Å². The van der Waals surface area contributed by atoms with E-state index in [1.54, 1.807) is 0 Å². The van der Waals surface area contributed by atoms with Crippen molar-refractivity contribution >= 4 is 14.1 Å². The predicted molar refractivity (Wildman–Crippen MR) is 113 cm³/mol. The number of hydrogen-bond acceptors (Lipinski definition) is 3. The monoisotopic (exact) mass is 389 g/mol. The van der Waals surface area contributed by atoms with Crippen LogP contribution in [0.5, 0.6) is 0 Å². The van der Waals surface area contributed by atoms with Crippen LogP contribution in [0.1, 0.15) is 53.4 Å². The molecule has 1 aliphatic heterocycles. The minimum atomic E-state index is -1.85. The van der Waals surface area contributed by atoms with E-state index >= 15 is 0 Å². The topological polar surface area (TPSA) is 29.5 Å². The van der Waals surface area contributed by atoms with Crippen molar-refractivity contribution in [3.8, 4) is 0 Å². The molecule has 4 heteroatoms. The molecular weight excluding hydrogens is 350 g/mol. The van der Waals surface area contributed by atoms with Crippen LogP contribution in [0.15, 0.2) is 11.6 Å². The number of carbonyl (C=O) groups is 1. The standard InChI is InChI=1S/C23H39NO2Si/c1-15-10-17-12-19(26-27(6,7)22(2,3)4)21-18-8-9-24(5)14-16(18)13-23(17,21)20(25)11-15/h11,16-19,21H,8-10,12-14H2,1-7H3/t16-,17+,18+,19+,21+,23-/m0/s1. The molecule has 0 unspecified atom stereocenters. The maximum atomic E-state index is 13.5. The predicted octanol–water partition coefficient (Wildman–Crippen LogP) is 4.89. The molecule has 3 nitrogen and oxygen atoms in total. The van der Waals surface area contributed by atoms with Crippen molar-refractivity contribution in [2.45, 2.75) is 77.6 Å². The van der Waals surface area contributed by atoms with Crippen LogP contribution in [0, 0.1) is 29.1 Å². The minimum absolute atomic E-state index is 0.118. The lowest BCUT2D eigenvalue weighted by Crippen LogP contribution is -2.48. The molecule has 152 valence electrons. The van der Waals surface area contributed by atoms with Crippen molar-refractivity contribution in [2.75, 3.05) is 20.1 Å². The Morgan fingerprint density at radius 3 is 2.67 bits per heavy atom. The Bertz CT molecular complexity index is 664. The van der Waals surface area contributed by atoms with Gasteiger partial charge in [-0.1, -0.05) is 26.3 Å². The Labute approximate surface area is 167 Å². The SMILES string of the molecule is CC1=CC(=O)[C@@]23C[C@H]4CN(C)CC[C@H]4[C@@H]2[C@H](O[Si](C)(C)C(C)(C)C)C[C@H]3C1. The van der Waals surface area contributed by atoms with Gasteiger partial charge < -0.3 is 9.33 Å². The zero-order valence-corrected chi connectivity index (χ0v) is 19.5. The highest BCUT2D eigenvalue weighted by Gasteiger charge is 2.68. The maximum absolute atomic E-state index is 13.5. The normalized spacial score (nSPS) is 42.6. The van der Waals surface area contributed by atoms with Gasteiger partial charge in [0.05, 0.1) is 0 Å². The molecule has 4 aliphatic rings. The molecule has 0 bridgehead atoms. The minimum Gasteiger partial charge on any atom is -0.414 e. The fourth-order valence-corrected chi connectivity index (χ4v) is 8.12. The van der Waals surface area contributed by atoms with Gasteiger partial charge in [-0.2, -0.15) is 0 Å². The van der Waals surface area contributed by atoms with E-state index in [9.17, 15) is 4.79 Å². The van der Waals surface area contributed by atoms with Crippen LogP contribution in [0.2, 0.25) is 18.1 Å². The molecule has 3 aliphatic carbocycles. The van der Waals surface area contributed by atoms with Gasteiger partial charge in [0, 0.05) is 24.0 Å². The smallest absolute Gasteiger partial charge is 0.192 e. The molecule has 4 rings (SSSR count). The molecule has 0 radical (unpaired) electrons. The lowest BCUT2D eigenvalue weighted by molar-refractivity contribution is -0.129. The number of nitrogens with zero attached hydrogens (tertiary/aromatic N) is 1. The van der Waals surface area contributed by atoms with Crippen molar-refractivity contribution in [1.29, 1.82) is 0 Å². The molecular formula is C23H39NO2Si. The summed E-state index contributed by atoms with van der Waals surface area (Å²) in [5.41, 5.74) is 1.17. The Balaban J connectivity index is 1.71. The van der Waals surface area contributed by atoms with E-state index in [1.165, 1.54) is 25.1 Å². The highest BCUT2D eigenvalue weighted by Crippen LogP contribution is 2.67. The van der Waals surface area contributed by atoms with Crippen molar-refractivity contribution in [3.05, 3.63) is 11.6 Å². The molecule has 2 saturated carbocycles. The van der Waals surface area contributed by atoms with Crippen molar-refractivity contribution in [3.63, 3.8) is 0 Å². The quantitative estimate of drug-likeness (QED) is 0.630. The first-order chi connectivity index (χ1) is 12.5. The van der Waals surface area contributed by atoms with E-state index in [4.69, 9.17) is 4.43 Å². The number of carbonyl (C=O) groups excluding carboxylic acids is 1. The summed E-state index contributed by atoms with van der Waals surface area (Å²) < 4.78 is 7.07. The second kappa shape index (κ2) is 6.27. The number of hydrogen-bond donors (Lipinski definition) is 0. The zero-order chi connectivity index (χ0) is 19.8. The average molecular weight is 390 g/mol. The molecule has 3 fully saturated rings. The third-order valence-corrected chi connectivity index (χ3v) is 13.5. The number of ketones is 1. The van der Waals surface area contributed by atoms with Gasteiger partial charge in [0.1, 0.15) is 0 Å². The highest BCUT2D eigenvalue weighted by atomic mass is 28.4. The van der Waals surface area contributed by atoms with E-state index in [-0.39, 0.29) is 16.6 Å². The Kier molecular flexibility index (Phi) is 4.61. The second-order valence-corrected chi connectivity index (χ2v) is 16.4. The number of fused-ring (bicyclic) bond motifs is 2. The third-order valence-electron chi connectivity index (χ3n) is 8.95. The fraction of sp³-hybridized carbons (Fsp3) is 0.870. The average Bonchev–Trinajstić information content (AvgIpc) is 2.99. The van der Waals surface area contributed by atoms with Crippen molar-refractivity contribution in [2.24, 2.45) is 29.1 Å². The Morgan fingerprint density at radius 2 is 2.00 bits per heavy atom. The van der Waals surface area contributed by atoms with E-state index in [0.717, 1.165) is 19.3 Å². The van der Waals surface area contributed by atoms with Crippen LogP contribution in [0.4, 0.5) is 0 Å².